The third-order valence-electron chi connectivity index (χ3n) is 3.78. The molecule has 1 aliphatic rings. The van der Waals surface area contributed by atoms with Crippen LogP contribution in [0, 0.1) is 13.8 Å². The lowest BCUT2D eigenvalue weighted by Crippen LogP contribution is -2.38. The van der Waals surface area contributed by atoms with Gasteiger partial charge in [-0.25, -0.2) is 4.79 Å². The highest BCUT2D eigenvalue weighted by Crippen LogP contribution is 2.25. The molecule has 0 aliphatic carbocycles. The Hall–Kier alpha value is -1.59. The zero-order valence-electron chi connectivity index (χ0n) is 13.0. The molecule has 116 valence electrons. The molecule has 1 aliphatic heterocycles. The molecule has 0 atom stereocenters. The number of ether oxygens (including phenoxy) is 3. The smallest absolute Gasteiger partial charge is 0.338 e. The summed E-state index contributed by atoms with van der Waals surface area (Å²) in [5, 5.41) is 0. The molecule has 0 aromatic heterocycles. The van der Waals surface area contributed by atoms with Gasteiger partial charge in [-0.15, -0.1) is 0 Å². The number of aryl methyl sites for hydroxylation is 1. The Kier molecular flexibility index (Phi) is 5.59. The van der Waals surface area contributed by atoms with Crippen LogP contribution in [0.4, 0.5) is 0 Å². The van der Waals surface area contributed by atoms with E-state index in [0.29, 0.717) is 12.2 Å². The van der Waals surface area contributed by atoms with Crippen molar-refractivity contribution in [3.8, 4) is 5.75 Å². The van der Waals surface area contributed by atoms with Crippen molar-refractivity contribution < 1.29 is 19.0 Å². The molecule has 1 saturated heterocycles. The third-order valence-corrected chi connectivity index (χ3v) is 3.78. The van der Waals surface area contributed by atoms with Crippen LogP contribution in [-0.2, 0) is 9.47 Å². The number of hydrogen-bond donors (Lipinski definition) is 0. The molecule has 0 bridgehead atoms. The number of nitrogens with zero attached hydrogens (tertiary/aromatic N) is 1. The van der Waals surface area contributed by atoms with Gasteiger partial charge >= 0.3 is 5.97 Å². The van der Waals surface area contributed by atoms with Crippen LogP contribution in [0.5, 0.6) is 5.75 Å². The number of carbonyl (C=O) groups is 1. The van der Waals surface area contributed by atoms with E-state index in [1.165, 1.54) is 7.11 Å². The summed E-state index contributed by atoms with van der Waals surface area (Å²) in [7, 11) is 1.40. The molecule has 0 spiro atoms. The predicted octanol–water partition coefficient (Wildman–Crippen LogP) is 1.80. The zero-order valence-corrected chi connectivity index (χ0v) is 13.0. The van der Waals surface area contributed by atoms with Crippen molar-refractivity contribution in [1.29, 1.82) is 0 Å². The average Bonchev–Trinajstić information content (AvgIpc) is 2.50. The van der Waals surface area contributed by atoms with Crippen molar-refractivity contribution in [3.05, 3.63) is 28.8 Å². The Labute approximate surface area is 125 Å². The number of morpholine rings is 1. The van der Waals surface area contributed by atoms with E-state index >= 15 is 0 Å². The highest BCUT2D eigenvalue weighted by atomic mass is 16.5. The molecule has 0 radical (unpaired) electrons. The van der Waals surface area contributed by atoms with Gasteiger partial charge < -0.3 is 14.2 Å². The van der Waals surface area contributed by atoms with Crippen molar-refractivity contribution in [3.63, 3.8) is 0 Å². The monoisotopic (exact) mass is 293 g/mol. The lowest BCUT2D eigenvalue weighted by Gasteiger charge is -2.26. The number of hydrogen-bond acceptors (Lipinski definition) is 5. The van der Waals surface area contributed by atoms with Gasteiger partial charge in [0.2, 0.25) is 0 Å². The molecule has 0 saturated carbocycles. The summed E-state index contributed by atoms with van der Waals surface area (Å²) >= 11 is 0. The summed E-state index contributed by atoms with van der Waals surface area (Å²) in [5.74, 6) is 0.429. The van der Waals surface area contributed by atoms with Gasteiger partial charge in [-0.1, -0.05) is 6.07 Å². The molecule has 5 nitrogen and oxygen atoms in total. The van der Waals surface area contributed by atoms with E-state index < -0.39 is 0 Å². The maximum absolute atomic E-state index is 11.8. The maximum Gasteiger partial charge on any atom is 0.338 e. The second kappa shape index (κ2) is 7.43. The Morgan fingerprint density at radius 1 is 1.29 bits per heavy atom. The number of esters is 1. The highest BCUT2D eigenvalue weighted by Gasteiger charge is 2.16. The first-order valence-corrected chi connectivity index (χ1v) is 7.25. The average molecular weight is 293 g/mol. The lowest BCUT2D eigenvalue weighted by molar-refractivity contribution is 0.0322. The Bertz CT molecular complexity index is 495. The van der Waals surface area contributed by atoms with Crippen molar-refractivity contribution >= 4 is 5.97 Å². The molecular weight excluding hydrogens is 270 g/mol. The molecule has 5 heteroatoms. The largest absolute Gasteiger partial charge is 0.492 e. The van der Waals surface area contributed by atoms with Gasteiger partial charge in [0.25, 0.3) is 0 Å². The standard InChI is InChI=1S/C16H23NO4/c1-12-4-5-14(13(2)15(12)16(18)19-3)21-11-8-17-6-9-20-10-7-17/h4-5H,6-11H2,1-3H3. The third kappa shape index (κ3) is 3.95. The van der Waals surface area contributed by atoms with Crippen LogP contribution >= 0.6 is 0 Å². The van der Waals surface area contributed by atoms with Crippen LogP contribution in [-0.4, -0.2) is 57.4 Å². The Morgan fingerprint density at radius 3 is 2.67 bits per heavy atom. The number of benzene rings is 1. The minimum absolute atomic E-state index is 0.316. The normalized spacial score (nSPS) is 15.8. The van der Waals surface area contributed by atoms with Crippen molar-refractivity contribution in [2.45, 2.75) is 13.8 Å². The molecule has 1 heterocycles. The predicted molar refractivity (Wildman–Crippen MR) is 80.0 cm³/mol. The van der Waals surface area contributed by atoms with E-state index in [0.717, 1.165) is 49.7 Å². The van der Waals surface area contributed by atoms with Gasteiger partial charge in [0, 0.05) is 25.2 Å². The quantitative estimate of drug-likeness (QED) is 0.775. The first-order valence-electron chi connectivity index (χ1n) is 7.25. The SMILES string of the molecule is COC(=O)c1c(C)ccc(OCCN2CCOCC2)c1C. The number of carbonyl (C=O) groups excluding carboxylic acids is 1. The second-order valence-corrected chi connectivity index (χ2v) is 5.17. The van der Waals surface area contributed by atoms with Crippen molar-refractivity contribution in [2.24, 2.45) is 0 Å². The van der Waals surface area contributed by atoms with E-state index in [-0.39, 0.29) is 5.97 Å². The highest BCUT2D eigenvalue weighted by molar-refractivity contribution is 5.93. The molecule has 1 aromatic rings. The summed E-state index contributed by atoms with van der Waals surface area (Å²) in [6.45, 7) is 8.73. The van der Waals surface area contributed by atoms with E-state index in [9.17, 15) is 4.79 Å². The van der Waals surface area contributed by atoms with Crippen LogP contribution in [0.25, 0.3) is 0 Å². The number of rotatable bonds is 5. The van der Waals surface area contributed by atoms with E-state index in [1.54, 1.807) is 0 Å². The minimum Gasteiger partial charge on any atom is -0.492 e. The molecule has 0 N–H and O–H groups in total. The topological polar surface area (TPSA) is 48.0 Å². The Balaban J connectivity index is 1.98. The zero-order chi connectivity index (χ0) is 15.2. The lowest BCUT2D eigenvalue weighted by atomic mass is 10.0. The van der Waals surface area contributed by atoms with E-state index in [1.807, 2.05) is 26.0 Å². The molecule has 0 unspecified atom stereocenters. The first-order chi connectivity index (χ1) is 10.1. The van der Waals surface area contributed by atoms with Crippen LogP contribution in [0.3, 0.4) is 0 Å². The van der Waals surface area contributed by atoms with Crippen molar-refractivity contribution in [1.82, 2.24) is 4.90 Å². The second-order valence-electron chi connectivity index (χ2n) is 5.17. The molecule has 1 aromatic carbocycles. The van der Waals surface area contributed by atoms with Gasteiger partial charge in [0.05, 0.1) is 25.9 Å². The fourth-order valence-corrected chi connectivity index (χ4v) is 2.51. The molecule has 1 fully saturated rings. The summed E-state index contributed by atoms with van der Waals surface area (Å²) in [6, 6.07) is 3.81. The summed E-state index contributed by atoms with van der Waals surface area (Å²) in [6.07, 6.45) is 0. The van der Waals surface area contributed by atoms with E-state index in [2.05, 4.69) is 4.90 Å². The molecule has 0 amide bonds. The summed E-state index contributed by atoms with van der Waals surface area (Å²) < 4.78 is 16.0. The summed E-state index contributed by atoms with van der Waals surface area (Å²) in [4.78, 5) is 14.1. The summed E-state index contributed by atoms with van der Waals surface area (Å²) in [5.41, 5.74) is 2.34. The van der Waals surface area contributed by atoms with Gasteiger partial charge in [-0.2, -0.15) is 0 Å². The van der Waals surface area contributed by atoms with Crippen molar-refractivity contribution in [2.75, 3.05) is 46.6 Å². The minimum atomic E-state index is -0.316. The van der Waals surface area contributed by atoms with Gasteiger partial charge in [-0.3, -0.25) is 4.90 Å². The maximum atomic E-state index is 11.8. The molecular formula is C16H23NO4. The van der Waals surface area contributed by atoms with Gasteiger partial charge in [-0.05, 0) is 25.5 Å². The van der Waals surface area contributed by atoms with Crippen LogP contribution in [0.2, 0.25) is 0 Å². The van der Waals surface area contributed by atoms with Gasteiger partial charge in [0.1, 0.15) is 12.4 Å². The van der Waals surface area contributed by atoms with Crippen LogP contribution < -0.4 is 4.74 Å². The fourth-order valence-electron chi connectivity index (χ4n) is 2.51. The Morgan fingerprint density at radius 2 is 2.00 bits per heavy atom. The van der Waals surface area contributed by atoms with E-state index in [4.69, 9.17) is 14.2 Å². The van der Waals surface area contributed by atoms with Gasteiger partial charge in [0.15, 0.2) is 0 Å². The van der Waals surface area contributed by atoms with Crippen LogP contribution in [0.15, 0.2) is 12.1 Å². The fraction of sp³-hybridized carbons (Fsp3) is 0.562. The number of methoxy groups -OCH3 is 1. The van der Waals surface area contributed by atoms with Crippen LogP contribution in [0.1, 0.15) is 21.5 Å². The molecule has 2 rings (SSSR count). The first kappa shape index (κ1) is 15.8. The molecule has 21 heavy (non-hydrogen) atoms.